The van der Waals surface area contributed by atoms with E-state index in [1.807, 2.05) is 0 Å². The van der Waals surface area contributed by atoms with Crippen LogP contribution in [0.1, 0.15) is 16.2 Å². The first kappa shape index (κ1) is 22.9. The summed E-state index contributed by atoms with van der Waals surface area (Å²) in [5, 5.41) is 3.83. The maximum Gasteiger partial charge on any atom is 0.338 e. The first-order valence-electron chi connectivity index (χ1n) is 10.0. The first-order chi connectivity index (χ1) is 16.4. The number of carbonyl (C=O) groups is 1. The van der Waals surface area contributed by atoms with Gasteiger partial charge >= 0.3 is 5.97 Å². The molecule has 0 aliphatic heterocycles. The number of carbonyl (C=O) groups excluding carboxylic acids is 1. The van der Waals surface area contributed by atoms with Gasteiger partial charge in [-0.1, -0.05) is 17.3 Å². The Morgan fingerprint density at radius 1 is 1.06 bits per heavy atom. The summed E-state index contributed by atoms with van der Waals surface area (Å²) in [6, 6.07) is 15.7. The molecule has 2 heterocycles. The third-order valence-electron chi connectivity index (χ3n) is 4.89. The van der Waals surface area contributed by atoms with Crippen LogP contribution in [0.2, 0.25) is 0 Å². The average Bonchev–Trinajstić information content (AvgIpc) is 3.36. The Morgan fingerprint density at radius 3 is 2.53 bits per heavy atom. The van der Waals surface area contributed by atoms with E-state index in [0.717, 1.165) is 4.31 Å². The lowest BCUT2D eigenvalue weighted by Gasteiger charge is -2.21. The van der Waals surface area contributed by atoms with Crippen molar-refractivity contribution in [3.63, 3.8) is 0 Å². The van der Waals surface area contributed by atoms with Gasteiger partial charge in [-0.3, -0.25) is 9.29 Å². The number of pyridine rings is 1. The highest BCUT2D eigenvalue weighted by molar-refractivity contribution is 7.92. The van der Waals surface area contributed by atoms with Gasteiger partial charge in [0, 0.05) is 25.0 Å². The quantitative estimate of drug-likeness (QED) is 0.349. The highest BCUT2D eigenvalue weighted by atomic mass is 32.2. The molecule has 0 spiro atoms. The van der Waals surface area contributed by atoms with Gasteiger partial charge in [-0.15, -0.1) is 0 Å². The van der Waals surface area contributed by atoms with Gasteiger partial charge in [0.1, 0.15) is 5.75 Å². The van der Waals surface area contributed by atoms with E-state index in [1.165, 1.54) is 38.4 Å². The topological polar surface area (TPSA) is 125 Å². The van der Waals surface area contributed by atoms with Crippen LogP contribution < -0.4 is 9.04 Å². The van der Waals surface area contributed by atoms with E-state index in [4.69, 9.17) is 14.0 Å². The van der Waals surface area contributed by atoms with Crippen molar-refractivity contribution >= 4 is 21.7 Å². The lowest BCUT2D eigenvalue weighted by atomic mass is 10.2. The fourth-order valence-electron chi connectivity index (χ4n) is 3.08. The van der Waals surface area contributed by atoms with Gasteiger partial charge in [0.05, 0.1) is 23.3 Å². The Hall–Kier alpha value is -4.25. The van der Waals surface area contributed by atoms with Crippen molar-refractivity contribution < 1.29 is 27.2 Å². The zero-order chi connectivity index (χ0) is 24.1. The molecule has 0 saturated heterocycles. The van der Waals surface area contributed by atoms with Gasteiger partial charge in [-0.05, 0) is 48.5 Å². The number of hydrogen-bond donors (Lipinski definition) is 0. The third kappa shape index (κ3) is 4.74. The number of rotatable bonds is 8. The van der Waals surface area contributed by atoms with Crippen LogP contribution in [0.4, 0.5) is 5.69 Å². The lowest BCUT2D eigenvalue weighted by molar-refractivity contribution is 0.0429. The number of esters is 1. The molecule has 34 heavy (non-hydrogen) atoms. The molecule has 0 saturated carbocycles. The van der Waals surface area contributed by atoms with Crippen molar-refractivity contribution in [1.29, 1.82) is 0 Å². The van der Waals surface area contributed by atoms with Crippen molar-refractivity contribution in [1.82, 2.24) is 15.1 Å². The highest BCUT2D eigenvalue weighted by Gasteiger charge is 2.24. The summed E-state index contributed by atoms with van der Waals surface area (Å²) >= 11 is 0. The Kier molecular flexibility index (Phi) is 6.55. The largest absolute Gasteiger partial charge is 0.495 e. The van der Waals surface area contributed by atoms with E-state index in [2.05, 4.69) is 15.1 Å². The smallest absolute Gasteiger partial charge is 0.338 e. The van der Waals surface area contributed by atoms with Crippen molar-refractivity contribution in [3.8, 4) is 17.1 Å². The first-order valence-corrected chi connectivity index (χ1v) is 11.5. The SMILES string of the molecule is COc1ccccc1N(C)S(=O)(=O)c1ccc(C(=O)OCc2nc(-c3cccnc3)no2)cc1. The highest BCUT2D eigenvalue weighted by Crippen LogP contribution is 2.30. The second kappa shape index (κ2) is 9.71. The number of benzene rings is 2. The second-order valence-electron chi connectivity index (χ2n) is 7.00. The number of aromatic nitrogens is 3. The monoisotopic (exact) mass is 480 g/mol. The van der Waals surface area contributed by atoms with Gasteiger partial charge in [-0.25, -0.2) is 13.2 Å². The summed E-state index contributed by atoms with van der Waals surface area (Å²) in [5.74, 6) is 0.197. The number of nitrogens with zero attached hydrogens (tertiary/aromatic N) is 4. The predicted octanol–water partition coefficient (Wildman–Crippen LogP) is 3.32. The molecule has 174 valence electrons. The molecule has 0 aliphatic rings. The Labute approximate surface area is 195 Å². The summed E-state index contributed by atoms with van der Waals surface area (Å²) in [7, 11) is -0.987. The summed E-state index contributed by atoms with van der Waals surface area (Å²) in [5.41, 5.74) is 1.23. The fraction of sp³-hybridized carbons (Fsp3) is 0.130. The van der Waals surface area contributed by atoms with E-state index in [9.17, 15) is 13.2 Å². The Morgan fingerprint density at radius 2 is 1.82 bits per heavy atom. The van der Waals surface area contributed by atoms with Crippen molar-refractivity contribution in [3.05, 3.63) is 84.5 Å². The zero-order valence-electron chi connectivity index (χ0n) is 18.3. The molecule has 4 rings (SSSR count). The molecule has 0 N–H and O–H groups in total. The molecule has 2 aromatic heterocycles. The van der Waals surface area contributed by atoms with Crippen LogP contribution in [0.15, 0.2) is 82.5 Å². The van der Waals surface area contributed by atoms with E-state index in [1.54, 1.807) is 48.8 Å². The maximum absolute atomic E-state index is 13.0. The molecule has 4 aromatic rings. The Bertz CT molecular complexity index is 1390. The van der Waals surface area contributed by atoms with Gasteiger partial charge in [-0.2, -0.15) is 4.98 Å². The summed E-state index contributed by atoms with van der Waals surface area (Å²) in [6.45, 7) is -0.233. The molecule has 0 fully saturated rings. The van der Waals surface area contributed by atoms with Crippen molar-refractivity contribution in [2.45, 2.75) is 11.5 Å². The summed E-state index contributed by atoms with van der Waals surface area (Å²) in [4.78, 5) is 20.6. The predicted molar refractivity (Wildman–Crippen MR) is 122 cm³/mol. The molecule has 0 radical (unpaired) electrons. The Balaban J connectivity index is 1.43. The van der Waals surface area contributed by atoms with Gasteiger partial charge in [0.15, 0.2) is 6.61 Å². The number of sulfonamides is 1. The van der Waals surface area contributed by atoms with E-state index >= 15 is 0 Å². The van der Waals surface area contributed by atoms with Crippen LogP contribution in [-0.4, -0.2) is 43.7 Å². The molecular weight excluding hydrogens is 460 g/mol. The maximum atomic E-state index is 13.0. The number of anilines is 1. The third-order valence-corrected chi connectivity index (χ3v) is 6.67. The van der Waals surface area contributed by atoms with Crippen molar-refractivity contribution in [2.75, 3.05) is 18.5 Å². The van der Waals surface area contributed by atoms with Gasteiger partial charge in [0.2, 0.25) is 5.82 Å². The van der Waals surface area contributed by atoms with E-state index < -0.39 is 16.0 Å². The van der Waals surface area contributed by atoms with Crippen LogP contribution in [0.5, 0.6) is 5.75 Å². The van der Waals surface area contributed by atoms with E-state index in [0.29, 0.717) is 22.8 Å². The number of hydrogen-bond acceptors (Lipinski definition) is 9. The van der Waals surface area contributed by atoms with Crippen LogP contribution in [0, 0.1) is 0 Å². The minimum Gasteiger partial charge on any atom is -0.495 e. The number of para-hydroxylation sites is 2. The van der Waals surface area contributed by atoms with Crippen LogP contribution in [-0.2, 0) is 21.4 Å². The van der Waals surface area contributed by atoms with E-state index in [-0.39, 0.29) is 23.0 Å². The second-order valence-corrected chi connectivity index (χ2v) is 8.97. The number of methoxy groups -OCH3 is 1. The molecule has 0 atom stereocenters. The van der Waals surface area contributed by atoms with Gasteiger partial charge < -0.3 is 14.0 Å². The van der Waals surface area contributed by atoms with Crippen LogP contribution in [0.25, 0.3) is 11.4 Å². The molecule has 0 aliphatic carbocycles. The van der Waals surface area contributed by atoms with Gasteiger partial charge in [0.25, 0.3) is 15.9 Å². The standard InChI is InChI=1S/C23H20N4O6S/c1-27(19-7-3-4-8-20(19)31-2)34(29,30)18-11-9-16(10-12-18)23(28)32-15-21-25-22(26-33-21)17-6-5-13-24-14-17/h3-14H,15H2,1-2H3. The molecule has 11 heteroatoms. The van der Waals surface area contributed by atoms with Crippen LogP contribution in [0.3, 0.4) is 0 Å². The average molecular weight is 481 g/mol. The fourth-order valence-corrected chi connectivity index (χ4v) is 4.28. The minimum atomic E-state index is -3.88. The molecule has 0 unspecified atom stereocenters. The summed E-state index contributed by atoms with van der Waals surface area (Å²) < 4.78 is 42.7. The minimum absolute atomic E-state index is 0.00969. The molecule has 2 aromatic carbocycles. The lowest BCUT2D eigenvalue weighted by Crippen LogP contribution is -2.27. The zero-order valence-corrected chi connectivity index (χ0v) is 19.1. The summed E-state index contributed by atoms with van der Waals surface area (Å²) in [6.07, 6.45) is 3.21. The molecule has 0 amide bonds. The molecule has 10 nitrogen and oxygen atoms in total. The number of ether oxygens (including phenoxy) is 2. The van der Waals surface area contributed by atoms with Crippen LogP contribution >= 0.6 is 0 Å². The molecule has 0 bridgehead atoms. The normalized spacial score (nSPS) is 11.1. The molecular formula is C23H20N4O6S. The van der Waals surface area contributed by atoms with Crippen molar-refractivity contribution in [2.24, 2.45) is 0 Å².